The van der Waals surface area contributed by atoms with Gasteiger partial charge in [-0.2, -0.15) is 4.98 Å². The molecule has 1 rings (SSSR count). The Bertz CT molecular complexity index is 318. The first kappa shape index (κ1) is 11.6. The lowest BCUT2D eigenvalue weighted by Gasteiger charge is -2.16. The lowest BCUT2D eigenvalue weighted by atomic mass is 10.4. The highest BCUT2D eigenvalue weighted by Gasteiger charge is 2.06. The van der Waals surface area contributed by atoms with E-state index in [9.17, 15) is 0 Å². The van der Waals surface area contributed by atoms with Crippen molar-refractivity contribution in [3.05, 3.63) is 12.1 Å². The zero-order chi connectivity index (χ0) is 11.3. The Morgan fingerprint density at radius 1 is 1.47 bits per heavy atom. The fraction of sp³-hybridized carbons (Fsp3) is 0.500. The SMILES string of the molecule is CCCOc1nc(N(C)OC)ccc1N. The topological polar surface area (TPSA) is 60.6 Å². The van der Waals surface area contributed by atoms with E-state index in [1.165, 1.54) is 5.06 Å². The summed E-state index contributed by atoms with van der Waals surface area (Å²) in [5, 5.41) is 1.54. The first-order valence-electron chi connectivity index (χ1n) is 4.86. The highest BCUT2D eigenvalue weighted by atomic mass is 16.7. The highest BCUT2D eigenvalue weighted by molar-refractivity contribution is 5.53. The van der Waals surface area contributed by atoms with Crippen LogP contribution in [0.3, 0.4) is 0 Å². The van der Waals surface area contributed by atoms with Crippen molar-refractivity contribution in [1.82, 2.24) is 4.98 Å². The number of hydrogen-bond acceptors (Lipinski definition) is 5. The summed E-state index contributed by atoms with van der Waals surface area (Å²) in [6.45, 7) is 2.64. The summed E-state index contributed by atoms with van der Waals surface area (Å²) < 4.78 is 5.40. The summed E-state index contributed by atoms with van der Waals surface area (Å²) in [5.41, 5.74) is 6.26. The molecular weight excluding hydrogens is 194 g/mol. The van der Waals surface area contributed by atoms with Gasteiger partial charge in [0, 0.05) is 7.05 Å². The number of ether oxygens (including phenoxy) is 1. The molecule has 0 radical (unpaired) electrons. The van der Waals surface area contributed by atoms with E-state index in [1.807, 2.05) is 6.92 Å². The molecule has 0 spiro atoms. The minimum atomic E-state index is 0.457. The zero-order valence-corrected chi connectivity index (χ0v) is 9.36. The second-order valence-corrected chi connectivity index (χ2v) is 3.09. The van der Waals surface area contributed by atoms with Gasteiger partial charge in [0.05, 0.1) is 19.4 Å². The summed E-state index contributed by atoms with van der Waals surface area (Å²) >= 11 is 0. The molecule has 0 aliphatic heterocycles. The second-order valence-electron chi connectivity index (χ2n) is 3.09. The maximum Gasteiger partial charge on any atom is 0.239 e. The fourth-order valence-corrected chi connectivity index (χ4v) is 1.02. The van der Waals surface area contributed by atoms with Crippen LogP contribution in [0.2, 0.25) is 0 Å². The Kier molecular flexibility index (Phi) is 4.17. The van der Waals surface area contributed by atoms with Crippen molar-refractivity contribution in [2.24, 2.45) is 0 Å². The maximum absolute atomic E-state index is 5.72. The van der Waals surface area contributed by atoms with E-state index < -0.39 is 0 Å². The molecule has 0 aliphatic rings. The molecule has 0 unspecified atom stereocenters. The molecule has 0 bridgehead atoms. The molecule has 1 heterocycles. The summed E-state index contributed by atoms with van der Waals surface area (Å²) in [7, 11) is 3.34. The molecular formula is C10H17N3O2. The first-order chi connectivity index (χ1) is 7.19. The Morgan fingerprint density at radius 2 is 2.20 bits per heavy atom. The minimum absolute atomic E-state index is 0.457. The van der Waals surface area contributed by atoms with E-state index in [1.54, 1.807) is 26.3 Å². The van der Waals surface area contributed by atoms with Gasteiger partial charge >= 0.3 is 0 Å². The first-order valence-corrected chi connectivity index (χ1v) is 4.86. The third-order valence-corrected chi connectivity index (χ3v) is 1.91. The van der Waals surface area contributed by atoms with E-state index >= 15 is 0 Å². The number of hydrogen-bond donors (Lipinski definition) is 1. The molecule has 5 nitrogen and oxygen atoms in total. The van der Waals surface area contributed by atoms with Crippen molar-refractivity contribution in [3.63, 3.8) is 0 Å². The second kappa shape index (κ2) is 5.41. The molecule has 1 aromatic rings. The van der Waals surface area contributed by atoms with Crippen LogP contribution in [-0.4, -0.2) is 25.7 Å². The standard InChI is InChI=1S/C10H17N3O2/c1-4-7-15-10-8(11)5-6-9(12-10)13(2)14-3/h5-6H,4,7,11H2,1-3H3. The quantitative estimate of drug-likeness (QED) is 0.747. The van der Waals surface area contributed by atoms with Gasteiger partial charge in [0.25, 0.3) is 0 Å². The van der Waals surface area contributed by atoms with E-state index in [4.69, 9.17) is 15.3 Å². The Labute approximate surface area is 89.8 Å². The van der Waals surface area contributed by atoms with Gasteiger partial charge in [0.1, 0.15) is 0 Å². The van der Waals surface area contributed by atoms with Crippen LogP contribution in [0.4, 0.5) is 11.5 Å². The number of nitrogen functional groups attached to an aromatic ring is 1. The van der Waals surface area contributed by atoms with E-state index in [2.05, 4.69) is 4.98 Å². The molecule has 2 N–H and O–H groups in total. The molecule has 0 aromatic carbocycles. The third kappa shape index (κ3) is 2.99. The highest BCUT2D eigenvalue weighted by Crippen LogP contribution is 2.22. The number of nitrogens with two attached hydrogens (primary N) is 1. The normalized spacial score (nSPS) is 10.1. The largest absolute Gasteiger partial charge is 0.476 e. The van der Waals surface area contributed by atoms with Gasteiger partial charge < -0.3 is 10.5 Å². The maximum atomic E-state index is 5.72. The fourth-order valence-electron chi connectivity index (χ4n) is 1.02. The minimum Gasteiger partial charge on any atom is -0.476 e. The van der Waals surface area contributed by atoms with Crippen molar-refractivity contribution >= 4 is 11.5 Å². The van der Waals surface area contributed by atoms with Crippen LogP contribution in [0.5, 0.6) is 5.88 Å². The van der Waals surface area contributed by atoms with Crippen LogP contribution < -0.4 is 15.5 Å². The lowest BCUT2D eigenvalue weighted by Crippen LogP contribution is -2.16. The Balaban J connectivity index is 2.84. The summed E-state index contributed by atoms with van der Waals surface area (Å²) in [6, 6.07) is 3.53. The molecule has 84 valence electrons. The number of hydroxylamine groups is 1. The van der Waals surface area contributed by atoms with Gasteiger partial charge in [-0.15, -0.1) is 0 Å². The molecule has 0 saturated heterocycles. The van der Waals surface area contributed by atoms with Crippen LogP contribution in [0.1, 0.15) is 13.3 Å². The van der Waals surface area contributed by atoms with Crippen LogP contribution in [-0.2, 0) is 4.84 Å². The Morgan fingerprint density at radius 3 is 2.80 bits per heavy atom. The van der Waals surface area contributed by atoms with Gasteiger partial charge in [-0.25, -0.2) is 5.06 Å². The van der Waals surface area contributed by atoms with Crippen LogP contribution in [0, 0.1) is 0 Å². The van der Waals surface area contributed by atoms with Crippen molar-refractivity contribution in [2.75, 3.05) is 31.6 Å². The van der Waals surface area contributed by atoms with Gasteiger partial charge in [-0.05, 0) is 18.6 Å². The molecule has 5 heteroatoms. The van der Waals surface area contributed by atoms with Gasteiger partial charge in [0.2, 0.25) is 5.88 Å². The molecule has 15 heavy (non-hydrogen) atoms. The van der Waals surface area contributed by atoms with E-state index in [0.717, 1.165) is 6.42 Å². The van der Waals surface area contributed by atoms with Gasteiger partial charge in [-0.3, -0.25) is 4.84 Å². The molecule has 0 atom stereocenters. The predicted molar refractivity (Wildman–Crippen MR) is 59.8 cm³/mol. The molecule has 0 aliphatic carbocycles. The van der Waals surface area contributed by atoms with Crippen molar-refractivity contribution in [1.29, 1.82) is 0 Å². The third-order valence-electron chi connectivity index (χ3n) is 1.91. The average Bonchev–Trinajstić information content (AvgIpc) is 2.27. The summed E-state index contributed by atoms with van der Waals surface area (Å²) in [5.74, 6) is 1.12. The van der Waals surface area contributed by atoms with E-state index in [-0.39, 0.29) is 0 Å². The lowest BCUT2D eigenvalue weighted by molar-refractivity contribution is 0.181. The number of nitrogens with zero attached hydrogens (tertiary/aromatic N) is 2. The van der Waals surface area contributed by atoms with E-state index in [0.29, 0.717) is 24.0 Å². The zero-order valence-electron chi connectivity index (χ0n) is 9.36. The molecule has 0 saturated carbocycles. The van der Waals surface area contributed by atoms with Crippen molar-refractivity contribution < 1.29 is 9.57 Å². The summed E-state index contributed by atoms with van der Waals surface area (Å²) in [6.07, 6.45) is 0.922. The molecule has 1 aromatic heterocycles. The van der Waals surface area contributed by atoms with Crippen molar-refractivity contribution in [3.8, 4) is 5.88 Å². The molecule has 0 amide bonds. The Hall–Kier alpha value is -1.49. The predicted octanol–water partition coefficient (Wildman–Crippen LogP) is 1.45. The number of pyridine rings is 1. The monoisotopic (exact) mass is 211 g/mol. The van der Waals surface area contributed by atoms with Crippen molar-refractivity contribution in [2.45, 2.75) is 13.3 Å². The average molecular weight is 211 g/mol. The molecule has 0 fully saturated rings. The van der Waals surface area contributed by atoms with Gasteiger partial charge in [-0.1, -0.05) is 6.92 Å². The number of rotatable bonds is 5. The van der Waals surface area contributed by atoms with Crippen LogP contribution in [0.15, 0.2) is 12.1 Å². The number of anilines is 2. The van der Waals surface area contributed by atoms with Crippen LogP contribution in [0.25, 0.3) is 0 Å². The summed E-state index contributed by atoms with van der Waals surface area (Å²) in [4.78, 5) is 9.24. The number of aromatic nitrogens is 1. The van der Waals surface area contributed by atoms with Crippen LogP contribution >= 0.6 is 0 Å². The van der Waals surface area contributed by atoms with Gasteiger partial charge in [0.15, 0.2) is 5.82 Å². The smallest absolute Gasteiger partial charge is 0.239 e.